The molecule has 4 nitrogen and oxygen atoms in total. The van der Waals surface area contributed by atoms with Crippen LogP contribution in [0, 0.1) is 5.82 Å². The van der Waals surface area contributed by atoms with E-state index >= 15 is 0 Å². The van der Waals surface area contributed by atoms with Crippen molar-refractivity contribution in [3.8, 4) is 0 Å². The average molecular weight is 421 g/mol. The molecule has 0 spiro atoms. The summed E-state index contributed by atoms with van der Waals surface area (Å²) < 4.78 is 14.3. The maximum absolute atomic E-state index is 14.3. The van der Waals surface area contributed by atoms with Gasteiger partial charge < -0.3 is 5.32 Å². The van der Waals surface area contributed by atoms with E-state index in [0.717, 1.165) is 12.0 Å². The van der Waals surface area contributed by atoms with Gasteiger partial charge in [-0.05, 0) is 53.9 Å². The topological polar surface area (TPSA) is 49.4 Å². The Morgan fingerprint density at radius 1 is 1.10 bits per heavy atom. The largest absolute Gasteiger partial charge is 0.322 e. The monoisotopic (exact) mass is 420 g/mol. The molecule has 6 heteroatoms. The highest BCUT2D eigenvalue weighted by atomic mass is 32.2. The summed E-state index contributed by atoms with van der Waals surface area (Å²) in [5.41, 5.74) is 3.47. The van der Waals surface area contributed by atoms with Crippen molar-refractivity contribution in [1.29, 1.82) is 0 Å². The minimum atomic E-state index is -0.432. The summed E-state index contributed by atoms with van der Waals surface area (Å²) >= 11 is 1.44. The Balaban J connectivity index is 1.57. The van der Waals surface area contributed by atoms with E-state index in [-0.39, 0.29) is 28.6 Å². The van der Waals surface area contributed by atoms with E-state index in [1.165, 1.54) is 28.3 Å². The van der Waals surface area contributed by atoms with Crippen LogP contribution in [0.25, 0.3) is 0 Å². The van der Waals surface area contributed by atoms with Crippen LogP contribution in [0.4, 0.5) is 15.8 Å². The first-order valence-corrected chi connectivity index (χ1v) is 10.8. The van der Waals surface area contributed by atoms with Crippen LogP contribution in [0.1, 0.15) is 33.8 Å². The lowest BCUT2D eigenvalue weighted by Gasteiger charge is -2.25. The van der Waals surface area contributed by atoms with Crippen LogP contribution in [0.2, 0.25) is 0 Å². The number of carbonyl (C=O) groups excluding carboxylic acids is 2. The van der Waals surface area contributed by atoms with Crippen LogP contribution in [0.3, 0.4) is 0 Å². The van der Waals surface area contributed by atoms with Gasteiger partial charge in [-0.1, -0.05) is 43.3 Å². The van der Waals surface area contributed by atoms with E-state index in [1.54, 1.807) is 24.3 Å². The Bertz CT molecular complexity index is 1080. The van der Waals surface area contributed by atoms with Gasteiger partial charge in [-0.25, -0.2) is 4.39 Å². The van der Waals surface area contributed by atoms with Gasteiger partial charge in [0.1, 0.15) is 11.2 Å². The van der Waals surface area contributed by atoms with Crippen LogP contribution in [0.5, 0.6) is 0 Å². The predicted molar refractivity (Wildman–Crippen MR) is 119 cm³/mol. The highest BCUT2D eigenvalue weighted by Crippen LogP contribution is 2.42. The number of hydrogen-bond donors (Lipinski definition) is 1. The SMILES string of the molecule is CCc1ccc(C(=O)Nc2cccc([C@@H]3SCC(=O)N3c3ccccc3F)c2)cc1. The van der Waals surface area contributed by atoms with E-state index in [4.69, 9.17) is 0 Å². The van der Waals surface area contributed by atoms with Crippen molar-refractivity contribution in [2.75, 3.05) is 16.0 Å². The second-order valence-electron chi connectivity index (χ2n) is 7.01. The lowest BCUT2D eigenvalue weighted by Crippen LogP contribution is -2.28. The lowest BCUT2D eigenvalue weighted by atomic mass is 10.1. The highest BCUT2D eigenvalue weighted by molar-refractivity contribution is 8.00. The maximum atomic E-state index is 14.3. The molecule has 3 aromatic carbocycles. The Morgan fingerprint density at radius 3 is 2.60 bits per heavy atom. The minimum absolute atomic E-state index is 0.138. The number of benzene rings is 3. The quantitative estimate of drug-likeness (QED) is 0.600. The van der Waals surface area contributed by atoms with E-state index in [1.807, 2.05) is 42.5 Å². The minimum Gasteiger partial charge on any atom is -0.322 e. The molecule has 3 aromatic rings. The number of thioether (sulfide) groups is 1. The van der Waals surface area contributed by atoms with Gasteiger partial charge >= 0.3 is 0 Å². The Morgan fingerprint density at radius 2 is 1.87 bits per heavy atom. The Hall–Kier alpha value is -3.12. The first-order chi connectivity index (χ1) is 14.6. The summed E-state index contributed by atoms with van der Waals surface area (Å²) in [5, 5.41) is 2.56. The summed E-state index contributed by atoms with van der Waals surface area (Å²) in [6.45, 7) is 2.07. The molecule has 0 radical (unpaired) electrons. The van der Waals surface area contributed by atoms with E-state index in [9.17, 15) is 14.0 Å². The number of hydrogen-bond acceptors (Lipinski definition) is 3. The van der Waals surface area contributed by atoms with Crippen molar-refractivity contribution in [3.05, 3.63) is 95.3 Å². The van der Waals surface area contributed by atoms with E-state index in [2.05, 4.69) is 12.2 Å². The molecule has 2 amide bonds. The Labute approximate surface area is 179 Å². The number of halogens is 1. The smallest absolute Gasteiger partial charge is 0.255 e. The summed E-state index contributed by atoms with van der Waals surface area (Å²) in [6, 6.07) is 21.1. The Kier molecular flexibility index (Phi) is 5.86. The predicted octanol–water partition coefficient (Wildman–Crippen LogP) is 5.42. The number of nitrogens with zero attached hydrogens (tertiary/aromatic N) is 1. The van der Waals surface area contributed by atoms with Crippen molar-refractivity contribution in [2.45, 2.75) is 18.7 Å². The zero-order valence-electron chi connectivity index (χ0n) is 16.5. The zero-order valence-corrected chi connectivity index (χ0v) is 17.3. The standard InChI is InChI=1S/C24H21FN2O2S/c1-2-16-10-12-17(13-11-16)23(29)26-19-7-5-6-18(14-19)24-27(22(28)15-30-24)21-9-4-3-8-20(21)25/h3-14,24H,2,15H2,1H3,(H,26,29)/t24-/m0/s1. The first kappa shape index (κ1) is 20.2. The number of aryl methyl sites for hydroxylation is 1. The molecule has 1 atom stereocenters. The van der Waals surface area contributed by atoms with Crippen molar-refractivity contribution < 1.29 is 14.0 Å². The number of amides is 2. The van der Waals surface area contributed by atoms with Gasteiger partial charge in [-0.2, -0.15) is 0 Å². The fourth-order valence-corrected chi connectivity index (χ4v) is 4.60. The summed E-state index contributed by atoms with van der Waals surface area (Å²) in [4.78, 5) is 26.6. The molecule has 1 aliphatic rings. The van der Waals surface area contributed by atoms with Gasteiger partial charge in [0.15, 0.2) is 0 Å². The summed E-state index contributed by atoms with van der Waals surface area (Å²) in [5.74, 6) is -0.492. The molecule has 152 valence electrons. The molecular weight excluding hydrogens is 399 g/mol. The second kappa shape index (κ2) is 8.71. The van der Waals surface area contributed by atoms with Crippen LogP contribution in [-0.4, -0.2) is 17.6 Å². The van der Waals surface area contributed by atoms with Crippen molar-refractivity contribution in [2.24, 2.45) is 0 Å². The fraction of sp³-hybridized carbons (Fsp3) is 0.167. The average Bonchev–Trinajstić information content (AvgIpc) is 3.15. The molecule has 1 aliphatic heterocycles. The van der Waals surface area contributed by atoms with E-state index < -0.39 is 5.82 Å². The second-order valence-corrected chi connectivity index (χ2v) is 8.08. The molecule has 1 fully saturated rings. The molecule has 0 saturated carbocycles. The normalized spacial score (nSPS) is 16.0. The molecule has 30 heavy (non-hydrogen) atoms. The van der Waals surface area contributed by atoms with Gasteiger partial charge in [0, 0.05) is 11.3 Å². The third-order valence-electron chi connectivity index (χ3n) is 5.03. The molecule has 0 bridgehead atoms. The third-order valence-corrected chi connectivity index (χ3v) is 6.25. The number of rotatable bonds is 5. The number of para-hydroxylation sites is 1. The first-order valence-electron chi connectivity index (χ1n) is 9.75. The summed E-state index contributed by atoms with van der Waals surface area (Å²) in [7, 11) is 0. The summed E-state index contributed by atoms with van der Waals surface area (Å²) in [6.07, 6.45) is 0.917. The van der Waals surface area contributed by atoms with Gasteiger partial charge in [-0.3, -0.25) is 14.5 Å². The van der Waals surface area contributed by atoms with Crippen molar-refractivity contribution in [1.82, 2.24) is 0 Å². The fourth-order valence-electron chi connectivity index (χ4n) is 3.44. The van der Waals surface area contributed by atoms with Crippen LogP contribution in [-0.2, 0) is 11.2 Å². The van der Waals surface area contributed by atoms with Gasteiger partial charge in [0.25, 0.3) is 5.91 Å². The van der Waals surface area contributed by atoms with Gasteiger partial charge in [0.2, 0.25) is 5.91 Å². The zero-order chi connectivity index (χ0) is 21.1. The molecule has 1 N–H and O–H groups in total. The molecule has 4 rings (SSSR count). The van der Waals surface area contributed by atoms with Gasteiger partial charge in [0.05, 0.1) is 11.4 Å². The molecule has 0 aliphatic carbocycles. The number of anilines is 2. The van der Waals surface area contributed by atoms with Crippen molar-refractivity contribution in [3.63, 3.8) is 0 Å². The molecule has 1 heterocycles. The highest BCUT2D eigenvalue weighted by Gasteiger charge is 2.35. The molecular formula is C24H21FN2O2S. The third kappa shape index (κ3) is 4.09. The molecule has 0 unspecified atom stereocenters. The number of nitrogens with one attached hydrogen (secondary N) is 1. The van der Waals surface area contributed by atoms with E-state index in [0.29, 0.717) is 11.3 Å². The van der Waals surface area contributed by atoms with Crippen molar-refractivity contribution >= 4 is 35.0 Å². The van der Waals surface area contributed by atoms with Crippen LogP contribution in [0.15, 0.2) is 72.8 Å². The van der Waals surface area contributed by atoms with Gasteiger partial charge in [-0.15, -0.1) is 11.8 Å². The van der Waals surface area contributed by atoms with Crippen LogP contribution >= 0.6 is 11.8 Å². The number of carbonyl (C=O) groups is 2. The van der Waals surface area contributed by atoms with Crippen LogP contribution < -0.4 is 10.2 Å². The maximum Gasteiger partial charge on any atom is 0.255 e. The lowest BCUT2D eigenvalue weighted by molar-refractivity contribution is -0.115. The molecule has 1 saturated heterocycles. The molecule has 0 aromatic heterocycles.